The zero-order chi connectivity index (χ0) is 8.97. The van der Waals surface area contributed by atoms with Gasteiger partial charge >= 0.3 is 0 Å². The second kappa shape index (κ2) is 3.76. The molecular formula is C9H5ClN2. The fourth-order valence-corrected chi connectivity index (χ4v) is 1.05. The highest BCUT2D eigenvalue weighted by Crippen LogP contribution is 2.17. The van der Waals surface area contributed by atoms with Crippen LogP contribution in [0.4, 0.5) is 0 Å². The largest absolute Gasteiger partial charge is 0.198 e. The van der Waals surface area contributed by atoms with Gasteiger partial charge in [0, 0.05) is 5.02 Å². The van der Waals surface area contributed by atoms with Crippen LogP contribution in [0.1, 0.15) is 11.1 Å². The lowest BCUT2D eigenvalue weighted by atomic mass is 10.1. The molecule has 0 bridgehead atoms. The van der Waals surface area contributed by atoms with E-state index in [2.05, 4.69) is 0 Å². The van der Waals surface area contributed by atoms with E-state index in [4.69, 9.17) is 22.1 Å². The molecule has 0 heterocycles. The standard InChI is InChI=1S/C9H5ClN2/c10-9-2-1-7(6-12)5-8(9)3-4-11/h1-2,5H,3H2. The summed E-state index contributed by atoms with van der Waals surface area (Å²) in [5.41, 5.74) is 1.24. The van der Waals surface area contributed by atoms with Crippen molar-refractivity contribution in [1.29, 1.82) is 10.5 Å². The first-order valence-corrected chi connectivity index (χ1v) is 3.71. The molecule has 0 amide bonds. The van der Waals surface area contributed by atoms with Crippen LogP contribution >= 0.6 is 11.6 Å². The van der Waals surface area contributed by atoms with Crippen molar-refractivity contribution in [2.24, 2.45) is 0 Å². The van der Waals surface area contributed by atoms with Gasteiger partial charge in [0.05, 0.1) is 24.1 Å². The molecule has 1 aromatic rings. The maximum absolute atomic E-state index is 8.55. The van der Waals surface area contributed by atoms with Crippen LogP contribution in [0.5, 0.6) is 0 Å². The van der Waals surface area contributed by atoms with E-state index in [0.717, 1.165) is 0 Å². The summed E-state index contributed by atoms with van der Waals surface area (Å²) in [7, 11) is 0. The van der Waals surface area contributed by atoms with Gasteiger partial charge in [0.1, 0.15) is 0 Å². The van der Waals surface area contributed by atoms with Crippen LogP contribution in [0, 0.1) is 22.7 Å². The summed E-state index contributed by atoms with van der Waals surface area (Å²) in [5.74, 6) is 0. The summed E-state index contributed by atoms with van der Waals surface area (Å²) in [6, 6.07) is 8.86. The number of hydrogen-bond acceptors (Lipinski definition) is 2. The topological polar surface area (TPSA) is 47.6 Å². The van der Waals surface area contributed by atoms with E-state index in [0.29, 0.717) is 16.1 Å². The molecule has 58 valence electrons. The van der Waals surface area contributed by atoms with E-state index in [9.17, 15) is 0 Å². The summed E-state index contributed by atoms with van der Waals surface area (Å²) >= 11 is 5.77. The lowest BCUT2D eigenvalue weighted by Crippen LogP contribution is -1.84. The number of nitriles is 2. The number of nitrogens with zero attached hydrogens (tertiary/aromatic N) is 2. The van der Waals surface area contributed by atoms with Gasteiger partial charge in [-0.15, -0.1) is 0 Å². The van der Waals surface area contributed by atoms with E-state index in [1.54, 1.807) is 18.2 Å². The maximum Gasteiger partial charge on any atom is 0.0991 e. The molecular weight excluding hydrogens is 172 g/mol. The van der Waals surface area contributed by atoms with Crippen LogP contribution in [0.15, 0.2) is 18.2 Å². The van der Waals surface area contributed by atoms with Crippen LogP contribution in [-0.4, -0.2) is 0 Å². The zero-order valence-electron chi connectivity index (χ0n) is 6.21. The van der Waals surface area contributed by atoms with Gasteiger partial charge in [-0.3, -0.25) is 0 Å². The molecule has 0 unspecified atom stereocenters. The van der Waals surface area contributed by atoms with Crippen molar-refractivity contribution in [2.75, 3.05) is 0 Å². The smallest absolute Gasteiger partial charge is 0.0991 e. The fourth-order valence-electron chi connectivity index (χ4n) is 0.865. The van der Waals surface area contributed by atoms with Crippen molar-refractivity contribution in [3.63, 3.8) is 0 Å². The Morgan fingerprint density at radius 1 is 1.33 bits per heavy atom. The minimum absolute atomic E-state index is 0.244. The number of benzene rings is 1. The molecule has 0 aliphatic heterocycles. The molecule has 2 nitrogen and oxygen atoms in total. The number of rotatable bonds is 1. The summed E-state index contributed by atoms with van der Waals surface area (Å²) in [6.07, 6.45) is 0.244. The Balaban J connectivity index is 3.12. The first-order valence-electron chi connectivity index (χ1n) is 3.33. The Hall–Kier alpha value is -1.51. The van der Waals surface area contributed by atoms with Gasteiger partial charge in [-0.25, -0.2) is 0 Å². The summed E-state index contributed by atoms with van der Waals surface area (Å²) < 4.78 is 0. The predicted octanol–water partition coefficient (Wildman–Crippen LogP) is 2.28. The highest BCUT2D eigenvalue weighted by molar-refractivity contribution is 6.31. The molecule has 0 saturated heterocycles. The molecule has 3 heteroatoms. The van der Waals surface area contributed by atoms with Crippen LogP contribution in [0.25, 0.3) is 0 Å². The van der Waals surface area contributed by atoms with E-state index < -0.39 is 0 Å². The molecule has 0 aromatic heterocycles. The molecule has 12 heavy (non-hydrogen) atoms. The van der Waals surface area contributed by atoms with Crippen LogP contribution in [0.2, 0.25) is 5.02 Å². The normalized spacial score (nSPS) is 8.58. The molecule has 0 aliphatic rings. The van der Waals surface area contributed by atoms with Crippen LogP contribution in [-0.2, 0) is 6.42 Å². The molecule has 0 atom stereocenters. The maximum atomic E-state index is 8.55. The van der Waals surface area contributed by atoms with Gasteiger partial charge in [-0.2, -0.15) is 10.5 Å². The first kappa shape index (κ1) is 8.59. The third-order valence-electron chi connectivity index (χ3n) is 1.44. The SMILES string of the molecule is N#CCc1cc(C#N)ccc1Cl. The van der Waals surface area contributed by atoms with Gasteiger partial charge in [0.15, 0.2) is 0 Å². The lowest BCUT2D eigenvalue weighted by molar-refractivity contribution is 1.26. The quantitative estimate of drug-likeness (QED) is 0.659. The van der Waals surface area contributed by atoms with Gasteiger partial charge in [0.25, 0.3) is 0 Å². The van der Waals surface area contributed by atoms with Crippen molar-refractivity contribution in [3.05, 3.63) is 34.3 Å². The van der Waals surface area contributed by atoms with Crippen LogP contribution < -0.4 is 0 Å². The molecule has 0 aliphatic carbocycles. The van der Waals surface area contributed by atoms with Crippen molar-refractivity contribution in [3.8, 4) is 12.1 Å². The van der Waals surface area contributed by atoms with Gasteiger partial charge in [0.2, 0.25) is 0 Å². The Morgan fingerprint density at radius 2 is 2.08 bits per heavy atom. The van der Waals surface area contributed by atoms with Crippen molar-refractivity contribution < 1.29 is 0 Å². The third kappa shape index (κ3) is 1.75. The average molecular weight is 177 g/mol. The molecule has 0 spiro atoms. The van der Waals surface area contributed by atoms with Gasteiger partial charge < -0.3 is 0 Å². The van der Waals surface area contributed by atoms with Gasteiger partial charge in [-0.1, -0.05) is 11.6 Å². The minimum Gasteiger partial charge on any atom is -0.198 e. The average Bonchev–Trinajstić information content (AvgIpc) is 2.09. The van der Waals surface area contributed by atoms with E-state index in [1.807, 2.05) is 12.1 Å². The molecule has 1 aromatic carbocycles. The molecule has 0 saturated carbocycles. The molecule has 1 rings (SSSR count). The first-order chi connectivity index (χ1) is 5.77. The van der Waals surface area contributed by atoms with Crippen LogP contribution in [0.3, 0.4) is 0 Å². The Labute approximate surface area is 75.6 Å². The highest BCUT2D eigenvalue weighted by Gasteiger charge is 2.00. The zero-order valence-corrected chi connectivity index (χ0v) is 6.97. The van der Waals surface area contributed by atoms with Crippen molar-refractivity contribution in [2.45, 2.75) is 6.42 Å². The second-order valence-electron chi connectivity index (χ2n) is 2.25. The summed E-state index contributed by atoms with van der Waals surface area (Å²) in [5, 5.41) is 17.5. The molecule has 0 N–H and O–H groups in total. The Morgan fingerprint density at radius 3 is 2.67 bits per heavy atom. The third-order valence-corrected chi connectivity index (χ3v) is 1.81. The molecule has 0 fully saturated rings. The summed E-state index contributed by atoms with van der Waals surface area (Å²) in [4.78, 5) is 0. The van der Waals surface area contributed by atoms with Crippen molar-refractivity contribution in [1.82, 2.24) is 0 Å². The number of hydrogen-bond donors (Lipinski definition) is 0. The predicted molar refractivity (Wildman–Crippen MR) is 45.5 cm³/mol. The second-order valence-corrected chi connectivity index (χ2v) is 2.66. The van der Waals surface area contributed by atoms with E-state index in [1.165, 1.54) is 0 Å². The Bertz CT molecular complexity index is 371. The monoisotopic (exact) mass is 176 g/mol. The molecule has 0 radical (unpaired) electrons. The fraction of sp³-hybridized carbons (Fsp3) is 0.111. The Kier molecular flexibility index (Phi) is 2.69. The van der Waals surface area contributed by atoms with E-state index in [-0.39, 0.29) is 6.42 Å². The minimum atomic E-state index is 0.244. The van der Waals surface area contributed by atoms with Crippen molar-refractivity contribution >= 4 is 11.6 Å². The van der Waals surface area contributed by atoms with E-state index >= 15 is 0 Å². The number of halogens is 1. The highest BCUT2D eigenvalue weighted by atomic mass is 35.5. The van der Waals surface area contributed by atoms with Gasteiger partial charge in [-0.05, 0) is 23.8 Å². The summed E-state index contributed by atoms with van der Waals surface area (Å²) in [6.45, 7) is 0. The lowest BCUT2D eigenvalue weighted by Gasteiger charge is -1.97.